The molecule has 0 aliphatic carbocycles. The van der Waals surface area contributed by atoms with Crippen LogP contribution in [0.1, 0.15) is 147 Å². The van der Waals surface area contributed by atoms with Gasteiger partial charge < -0.3 is 28.1 Å². The first kappa shape index (κ1) is 47.7. The lowest BCUT2D eigenvalue weighted by molar-refractivity contribution is 0.00578. The van der Waals surface area contributed by atoms with Gasteiger partial charge in [-0.25, -0.2) is 9.59 Å². The molecule has 2 atom stereocenters. The van der Waals surface area contributed by atoms with Crippen LogP contribution in [0.2, 0.25) is 0 Å². The highest BCUT2D eigenvalue weighted by Gasteiger charge is 2.53. The Hall–Kier alpha value is -4.23. The summed E-state index contributed by atoms with van der Waals surface area (Å²) in [7, 11) is -0.724. The van der Waals surface area contributed by atoms with Crippen molar-refractivity contribution >= 4 is 59.9 Å². The smallest absolute Gasteiger partial charge is 0.444 e. The molecule has 344 valence electrons. The zero-order valence-corrected chi connectivity index (χ0v) is 40.8. The van der Waals surface area contributed by atoms with Crippen LogP contribution >= 0.6 is 0 Å². The van der Waals surface area contributed by atoms with Crippen LogP contribution in [-0.2, 0) is 28.1 Å². The van der Waals surface area contributed by atoms with E-state index in [0.717, 1.165) is 96.2 Å². The van der Waals surface area contributed by atoms with Crippen molar-refractivity contribution in [2.75, 3.05) is 13.1 Å². The van der Waals surface area contributed by atoms with Crippen LogP contribution in [0.4, 0.5) is 9.59 Å². The standard InChI is InChI=1S/2C25H35BN2O4/c2*1-23(2,3)30-22(29)28-14-8-9-21(28)20-15-18(16-27-20)17-10-12-19(13-11-17)26-31-24(4,5)25(6,7)32-26/h2*10-13,16,21H,8-9,14-15H2,1-7H3/t2*21-/m00/s1. The van der Waals surface area contributed by atoms with Gasteiger partial charge in [-0.15, -0.1) is 0 Å². The molecule has 4 fully saturated rings. The minimum Gasteiger partial charge on any atom is -0.444 e. The van der Waals surface area contributed by atoms with Gasteiger partial charge in [0, 0.05) is 49.8 Å². The zero-order chi connectivity index (χ0) is 46.6. The molecule has 0 bridgehead atoms. The maximum atomic E-state index is 12.6. The largest absolute Gasteiger partial charge is 0.494 e. The first-order valence-corrected chi connectivity index (χ1v) is 23.1. The van der Waals surface area contributed by atoms with Crippen LogP contribution in [0.25, 0.3) is 11.1 Å². The van der Waals surface area contributed by atoms with Crippen LogP contribution in [0.5, 0.6) is 0 Å². The van der Waals surface area contributed by atoms with E-state index in [0.29, 0.717) is 0 Å². The van der Waals surface area contributed by atoms with E-state index in [9.17, 15) is 9.59 Å². The van der Waals surface area contributed by atoms with Gasteiger partial charge in [-0.3, -0.25) is 19.8 Å². The number of likely N-dealkylation sites (tertiary alicyclic amines) is 2. The monoisotopic (exact) mass is 877 g/mol. The molecule has 6 aliphatic heterocycles. The van der Waals surface area contributed by atoms with Gasteiger partial charge in [-0.05, 0) is 156 Å². The quantitative estimate of drug-likeness (QED) is 0.264. The highest BCUT2D eigenvalue weighted by Crippen LogP contribution is 2.38. The van der Waals surface area contributed by atoms with Crippen LogP contribution in [0.15, 0.2) is 70.9 Å². The lowest BCUT2D eigenvalue weighted by Crippen LogP contribution is -2.43. The molecule has 64 heavy (non-hydrogen) atoms. The number of carbonyl (C=O) groups excluding carboxylic acids is 2. The van der Waals surface area contributed by atoms with Crippen molar-refractivity contribution in [2.24, 2.45) is 9.98 Å². The Morgan fingerprint density at radius 1 is 0.562 bits per heavy atom. The minimum absolute atomic E-state index is 0.0163. The molecular formula is C50H70B2N4O8. The fourth-order valence-electron chi connectivity index (χ4n) is 8.63. The molecule has 6 heterocycles. The summed E-state index contributed by atoms with van der Waals surface area (Å²) >= 11 is 0. The lowest BCUT2D eigenvalue weighted by atomic mass is 9.78. The first-order chi connectivity index (χ1) is 29.7. The predicted octanol–water partition coefficient (Wildman–Crippen LogP) is 9.14. The molecule has 2 amide bonds. The first-order valence-electron chi connectivity index (χ1n) is 23.1. The summed E-state index contributed by atoms with van der Waals surface area (Å²) in [5.74, 6) is 0. The van der Waals surface area contributed by atoms with Crippen LogP contribution < -0.4 is 10.9 Å². The Bertz CT molecular complexity index is 2010. The van der Waals surface area contributed by atoms with Gasteiger partial charge in [0.05, 0.1) is 34.5 Å². The average molecular weight is 877 g/mol. The summed E-state index contributed by atoms with van der Waals surface area (Å²) in [6, 6.07) is 16.7. The Kier molecular flexibility index (Phi) is 13.1. The Labute approximate surface area is 382 Å². The third kappa shape index (κ3) is 10.4. The number of amides is 2. The van der Waals surface area contributed by atoms with Crippen molar-refractivity contribution < 1.29 is 37.7 Å². The number of hydrogen-bond acceptors (Lipinski definition) is 10. The number of rotatable bonds is 6. The third-order valence-corrected chi connectivity index (χ3v) is 13.7. The molecule has 2 aromatic rings. The fraction of sp³-hybridized carbons (Fsp3) is 0.600. The number of aliphatic imine (C=N–C) groups is 2. The van der Waals surface area contributed by atoms with E-state index >= 15 is 0 Å². The summed E-state index contributed by atoms with van der Waals surface area (Å²) in [5, 5.41) is 0. The Balaban J connectivity index is 0.000000191. The molecule has 0 radical (unpaired) electrons. The summed E-state index contributed by atoms with van der Waals surface area (Å²) in [6.45, 7) is 29.3. The number of nitrogens with zero attached hydrogens (tertiary/aromatic N) is 4. The van der Waals surface area contributed by atoms with E-state index in [1.807, 2.05) is 63.7 Å². The van der Waals surface area contributed by atoms with Crippen molar-refractivity contribution in [3.05, 3.63) is 72.1 Å². The van der Waals surface area contributed by atoms with Gasteiger partial charge in [-0.2, -0.15) is 0 Å². The van der Waals surface area contributed by atoms with Crippen molar-refractivity contribution in [3.8, 4) is 0 Å². The molecule has 12 nitrogen and oxygen atoms in total. The number of hydrogen-bond donors (Lipinski definition) is 0. The molecule has 4 saturated heterocycles. The molecule has 0 N–H and O–H groups in total. The Morgan fingerprint density at radius 2 is 0.875 bits per heavy atom. The van der Waals surface area contributed by atoms with E-state index < -0.39 is 11.2 Å². The van der Waals surface area contributed by atoms with E-state index in [4.69, 9.17) is 38.1 Å². The maximum Gasteiger partial charge on any atom is 0.494 e. The second-order valence-electron chi connectivity index (χ2n) is 22.0. The minimum atomic E-state index is -0.496. The highest BCUT2D eigenvalue weighted by atomic mass is 16.7. The highest BCUT2D eigenvalue weighted by molar-refractivity contribution is 6.62. The molecule has 0 aromatic heterocycles. The van der Waals surface area contributed by atoms with E-state index in [1.54, 1.807) is 0 Å². The van der Waals surface area contributed by atoms with Gasteiger partial charge in [0.1, 0.15) is 11.2 Å². The normalized spacial score (nSPS) is 24.5. The van der Waals surface area contributed by atoms with Gasteiger partial charge in [-0.1, -0.05) is 48.5 Å². The predicted molar refractivity (Wildman–Crippen MR) is 256 cm³/mol. The van der Waals surface area contributed by atoms with Crippen molar-refractivity contribution in [3.63, 3.8) is 0 Å². The Morgan fingerprint density at radius 3 is 1.17 bits per heavy atom. The SMILES string of the molecule is CC(C)(C)OC(=O)N1CCC[C@H]1C1=NC=C(c2ccc(B3OC(C)(C)C(C)(C)O3)cc2)C1.CC(C)(C)OC(=O)N1CCC[C@H]1C1=NC=C(c2ccc(B3OC(C)(C)C(C)(C)O3)cc2)C1. The number of carbonyl (C=O) groups is 2. The molecule has 2 aromatic carbocycles. The number of ether oxygens (including phenoxy) is 2. The van der Waals surface area contributed by atoms with E-state index in [1.165, 1.54) is 0 Å². The van der Waals surface area contributed by atoms with Gasteiger partial charge in [0.15, 0.2) is 0 Å². The third-order valence-electron chi connectivity index (χ3n) is 13.7. The summed E-state index contributed by atoms with van der Waals surface area (Å²) in [5.41, 5.74) is 6.29. The summed E-state index contributed by atoms with van der Waals surface area (Å²) < 4.78 is 35.9. The maximum absolute atomic E-state index is 12.6. The van der Waals surface area contributed by atoms with Crippen molar-refractivity contribution in [1.29, 1.82) is 0 Å². The zero-order valence-electron chi connectivity index (χ0n) is 40.8. The van der Waals surface area contributed by atoms with E-state index in [2.05, 4.69) is 104 Å². The van der Waals surface area contributed by atoms with Gasteiger partial charge in [0.2, 0.25) is 0 Å². The van der Waals surface area contributed by atoms with Crippen LogP contribution in [0, 0.1) is 0 Å². The average Bonchev–Trinajstić information content (AvgIpc) is 4.04. The molecule has 6 aliphatic rings. The van der Waals surface area contributed by atoms with Crippen molar-refractivity contribution in [2.45, 2.75) is 181 Å². The molecular weight excluding hydrogens is 806 g/mol. The van der Waals surface area contributed by atoms with Gasteiger partial charge >= 0.3 is 26.4 Å². The second kappa shape index (κ2) is 17.5. The summed E-state index contributed by atoms with van der Waals surface area (Å²) in [6.07, 6.45) is 8.68. The van der Waals surface area contributed by atoms with Crippen LogP contribution in [0.3, 0.4) is 0 Å². The molecule has 8 rings (SSSR count). The molecule has 0 unspecified atom stereocenters. The second-order valence-corrected chi connectivity index (χ2v) is 22.0. The van der Waals surface area contributed by atoms with Crippen LogP contribution in [-0.4, -0.2) is 106 Å². The number of allylic oxidation sites excluding steroid dienone is 2. The molecule has 0 spiro atoms. The summed E-state index contributed by atoms with van der Waals surface area (Å²) in [4.78, 5) is 38.4. The fourth-order valence-corrected chi connectivity index (χ4v) is 8.63. The van der Waals surface area contributed by atoms with Crippen molar-refractivity contribution in [1.82, 2.24) is 9.80 Å². The number of benzene rings is 2. The van der Waals surface area contributed by atoms with E-state index in [-0.39, 0.29) is 60.9 Å². The molecule has 14 heteroatoms. The van der Waals surface area contributed by atoms with Gasteiger partial charge in [0.25, 0.3) is 0 Å². The topological polar surface area (TPSA) is 121 Å². The lowest BCUT2D eigenvalue weighted by Gasteiger charge is -2.32. The molecule has 0 saturated carbocycles.